The number of aromatic carboxylic acids is 1. The molecular weight excluding hydrogens is 259 g/mol. The number of halogens is 1. The number of pyridine rings is 1. The van der Waals surface area contributed by atoms with Crippen molar-refractivity contribution in [3.63, 3.8) is 0 Å². The molecular formula is C15H15FN2O2. The van der Waals surface area contributed by atoms with Gasteiger partial charge in [-0.1, -0.05) is 12.1 Å². The molecule has 0 aliphatic carbocycles. The van der Waals surface area contributed by atoms with Gasteiger partial charge < -0.3 is 10.4 Å². The fraction of sp³-hybridized carbons (Fsp3) is 0.200. The molecule has 0 saturated carbocycles. The van der Waals surface area contributed by atoms with Crippen LogP contribution in [0, 0.1) is 19.7 Å². The molecule has 0 aliphatic rings. The quantitative estimate of drug-likeness (QED) is 0.899. The van der Waals surface area contributed by atoms with E-state index < -0.39 is 5.97 Å². The van der Waals surface area contributed by atoms with Crippen molar-refractivity contribution in [1.29, 1.82) is 0 Å². The van der Waals surface area contributed by atoms with E-state index in [0.29, 0.717) is 23.5 Å². The summed E-state index contributed by atoms with van der Waals surface area (Å²) in [5.41, 5.74) is 2.13. The number of carbonyl (C=O) groups is 1. The number of hydrogen-bond donors (Lipinski definition) is 2. The Morgan fingerprint density at radius 1 is 1.35 bits per heavy atom. The largest absolute Gasteiger partial charge is 0.478 e. The first-order chi connectivity index (χ1) is 9.49. The van der Waals surface area contributed by atoms with Gasteiger partial charge in [-0.3, -0.25) is 0 Å². The third kappa shape index (κ3) is 2.93. The standard InChI is InChI=1S/C15H15FN2O2/c1-9-6-11(7-10(2)13(9)16)8-18-14-12(15(19)20)4-3-5-17-14/h3-7H,8H2,1-2H3,(H,17,18)(H,19,20). The monoisotopic (exact) mass is 274 g/mol. The SMILES string of the molecule is Cc1cc(CNc2ncccc2C(=O)O)cc(C)c1F. The average Bonchev–Trinajstić information content (AvgIpc) is 2.42. The smallest absolute Gasteiger partial charge is 0.339 e. The Morgan fingerprint density at radius 2 is 2.00 bits per heavy atom. The fourth-order valence-corrected chi connectivity index (χ4v) is 2.04. The van der Waals surface area contributed by atoms with Crippen molar-refractivity contribution in [3.05, 3.63) is 58.5 Å². The Bertz CT molecular complexity index is 633. The maximum absolute atomic E-state index is 13.5. The molecule has 1 aromatic carbocycles. The molecule has 0 spiro atoms. The van der Waals surface area contributed by atoms with Gasteiger partial charge in [0.15, 0.2) is 0 Å². The van der Waals surface area contributed by atoms with Crippen LogP contribution < -0.4 is 5.32 Å². The summed E-state index contributed by atoms with van der Waals surface area (Å²) in [5.74, 6) is -0.940. The highest BCUT2D eigenvalue weighted by Crippen LogP contribution is 2.17. The van der Waals surface area contributed by atoms with Gasteiger partial charge in [-0.2, -0.15) is 0 Å². The average molecular weight is 274 g/mol. The molecule has 0 amide bonds. The third-order valence-electron chi connectivity index (χ3n) is 2.99. The first-order valence-electron chi connectivity index (χ1n) is 6.17. The lowest BCUT2D eigenvalue weighted by Gasteiger charge is -2.10. The number of hydrogen-bond acceptors (Lipinski definition) is 3. The van der Waals surface area contributed by atoms with Crippen LogP contribution in [0.5, 0.6) is 0 Å². The van der Waals surface area contributed by atoms with Crippen molar-refractivity contribution in [1.82, 2.24) is 4.98 Å². The minimum Gasteiger partial charge on any atom is -0.478 e. The summed E-state index contributed by atoms with van der Waals surface area (Å²) in [6.07, 6.45) is 1.52. The maximum atomic E-state index is 13.5. The molecule has 0 unspecified atom stereocenters. The van der Waals surface area contributed by atoms with Gasteiger partial charge in [0.25, 0.3) is 0 Å². The van der Waals surface area contributed by atoms with Crippen molar-refractivity contribution < 1.29 is 14.3 Å². The van der Waals surface area contributed by atoms with Gasteiger partial charge in [-0.25, -0.2) is 14.2 Å². The number of anilines is 1. The Balaban J connectivity index is 2.19. The Morgan fingerprint density at radius 3 is 2.60 bits per heavy atom. The molecule has 2 N–H and O–H groups in total. The summed E-state index contributed by atoms with van der Waals surface area (Å²) in [6.45, 7) is 3.80. The summed E-state index contributed by atoms with van der Waals surface area (Å²) in [4.78, 5) is 15.1. The van der Waals surface area contributed by atoms with Crippen LogP contribution >= 0.6 is 0 Å². The first-order valence-corrected chi connectivity index (χ1v) is 6.17. The lowest BCUT2D eigenvalue weighted by atomic mass is 10.1. The van der Waals surface area contributed by atoms with E-state index in [2.05, 4.69) is 10.3 Å². The second kappa shape index (κ2) is 5.69. The van der Waals surface area contributed by atoms with E-state index >= 15 is 0 Å². The van der Waals surface area contributed by atoms with Crippen molar-refractivity contribution in [2.24, 2.45) is 0 Å². The highest BCUT2D eigenvalue weighted by atomic mass is 19.1. The number of carboxylic acid groups (broad SMARTS) is 1. The lowest BCUT2D eigenvalue weighted by molar-refractivity contribution is 0.0697. The van der Waals surface area contributed by atoms with Crippen LogP contribution in [0.3, 0.4) is 0 Å². The maximum Gasteiger partial charge on any atom is 0.339 e. The minimum absolute atomic E-state index is 0.114. The van der Waals surface area contributed by atoms with Gasteiger partial charge in [-0.05, 0) is 42.7 Å². The summed E-state index contributed by atoms with van der Waals surface area (Å²) in [6, 6.07) is 6.52. The number of nitrogens with one attached hydrogen (secondary N) is 1. The summed E-state index contributed by atoms with van der Waals surface area (Å²) < 4.78 is 13.5. The van der Waals surface area contributed by atoms with Gasteiger partial charge in [0.05, 0.1) is 0 Å². The van der Waals surface area contributed by atoms with Gasteiger partial charge in [0, 0.05) is 12.7 Å². The van der Waals surface area contributed by atoms with Crippen molar-refractivity contribution >= 4 is 11.8 Å². The fourth-order valence-electron chi connectivity index (χ4n) is 2.04. The number of benzene rings is 1. The second-order valence-corrected chi connectivity index (χ2v) is 4.60. The molecule has 2 aromatic rings. The number of aryl methyl sites for hydroxylation is 2. The van der Waals surface area contributed by atoms with E-state index in [4.69, 9.17) is 5.11 Å². The van der Waals surface area contributed by atoms with Crippen LogP contribution in [0.15, 0.2) is 30.5 Å². The highest BCUT2D eigenvalue weighted by Gasteiger charge is 2.10. The lowest BCUT2D eigenvalue weighted by Crippen LogP contribution is -2.08. The van der Waals surface area contributed by atoms with Crippen LogP contribution in [-0.2, 0) is 6.54 Å². The van der Waals surface area contributed by atoms with Crippen LogP contribution in [0.2, 0.25) is 0 Å². The highest BCUT2D eigenvalue weighted by molar-refractivity contribution is 5.92. The molecule has 2 rings (SSSR count). The molecule has 5 heteroatoms. The minimum atomic E-state index is -1.04. The zero-order valence-corrected chi connectivity index (χ0v) is 11.3. The Hall–Kier alpha value is -2.43. The van der Waals surface area contributed by atoms with E-state index in [1.807, 2.05) is 0 Å². The van der Waals surface area contributed by atoms with Gasteiger partial charge in [-0.15, -0.1) is 0 Å². The van der Waals surface area contributed by atoms with Crippen LogP contribution in [0.25, 0.3) is 0 Å². The van der Waals surface area contributed by atoms with E-state index in [-0.39, 0.29) is 11.4 Å². The molecule has 20 heavy (non-hydrogen) atoms. The molecule has 0 atom stereocenters. The van der Waals surface area contributed by atoms with E-state index in [1.165, 1.54) is 12.3 Å². The van der Waals surface area contributed by atoms with Gasteiger partial charge >= 0.3 is 5.97 Å². The summed E-state index contributed by atoms with van der Waals surface area (Å²) in [7, 11) is 0. The van der Waals surface area contributed by atoms with Crippen molar-refractivity contribution in [2.45, 2.75) is 20.4 Å². The van der Waals surface area contributed by atoms with Crippen LogP contribution in [-0.4, -0.2) is 16.1 Å². The zero-order chi connectivity index (χ0) is 14.7. The molecule has 104 valence electrons. The predicted octanol–water partition coefficient (Wildman–Crippen LogP) is 3.15. The molecule has 0 aliphatic heterocycles. The molecule has 0 saturated heterocycles. The van der Waals surface area contributed by atoms with Gasteiger partial charge in [0.2, 0.25) is 0 Å². The van der Waals surface area contributed by atoms with Crippen molar-refractivity contribution in [2.75, 3.05) is 5.32 Å². The summed E-state index contributed by atoms with van der Waals surface area (Å²) >= 11 is 0. The molecule has 1 heterocycles. The van der Waals surface area contributed by atoms with E-state index in [1.54, 1.807) is 32.0 Å². The molecule has 0 fully saturated rings. The number of nitrogens with zero attached hydrogens (tertiary/aromatic N) is 1. The molecule has 4 nitrogen and oxygen atoms in total. The normalized spacial score (nSPS) is 10.3. The zero-order valence-electron chi connectivity index (χ0n) is 11.3. The molecule has 1 aromatic heterocycles. The van der Waals surface area contributed by atoms with E-state index in [9.17, 15) is 9.18 Å². The predicted molar refractivity (Wildman–Crippen MR) is 74.4 cm³/mol. The van der Waals surface area contributed by atoms with Crippen LogP contribution in [0.4, 0.5) is 10.2 Å². The Labute approximate surface area is 116 Å². The molecule has 0 radical (unpaired) electrons. The molecule has 0 bridgehead atoms. The Kier molecular flexibility index (Phi) is 3.98. The second-order valence-electron chi connectivity index (χ2n) is 4.60. The number of rotatable bonds is 4. The number of aromatic nitrogens is 1. The summed E-state index contributed by atoms with van der Waals surface area (Å²) in [5, 5.41) is 12.0. The van der Waals surface area contributed by atoms with Crippen molar-refractivity contribution in [3.8, 4) is 0 Å². The van der Waals surface area contributed by atoms with E-state index in [0.717, 1.165) is 5.56 Å². The first kappa shape index (κ1) is 14.0. The number of carboxylic acids is 1. The topological polar surface area (TPSA) is 62.2 Å². The third-order valence-corrected chi connectivity index (χ3v) is 2.99. The van der Waals surface area contributed by atoms with Crippen LogP contribution in [0.1, 0.15) is 27.0 Å². The van der Waals surface area contributed by atoms with Gasteiger partial charge in [0.1, 0.15) is 17.2 Å².